The van der Waals surface area contributed by atoms with Gasteiger partial charge in [0.2, 0.25) is 0 Å². The molecule has 17 heavy (non-hydrogen) atoms. The largest absolute Gasteiger partial charge is 0.312 e. The molecule has 1 aliphatic rings. The van der Waals surface area contributed by atoms with E-state index in [0.29, 0.717) is 0 Å². The molecule has 0 saturated heterocycles. The molecular formula is C14H20N2S. The van der Waals surface area contributed by atoms with Crippen LogP contribution in [0.25, 0.3) is 0 Å². The quantitative estimate of drug-likeness (QED) is 0.884. The Labute approximate surface area is 108 Å². The van der Waals surface area contributed by atoms with E-state index in [4.69, 9.17) is 5.26 Å². The number of nitrogens with one attached hydrogen (secondary N) is 1. The van der Waals surface area contributed by atoms with Crippen LogP contribution in [-0.4, -0.2) is 6.54 Å². The number of rotatable bonds is 4. The lowest BCUT2D eigenvalue weighted by Crippen LogP contribution is -2.25. The second-order valence-corrected chi connectivity index (χ2v) is 6.30. The molecule has 2 rings (SSSR count). The van der Waals surface area contributed by atoms with Crippen molar-refractivity contribution in [2.45, 2.75) is 39.2 Å². The summed E-state index contributed by atoms with van der Waals surface area (Å²) in [6, 6.07) is 6.14. The molecule has 0 atom stereocenters. The van der Waals surface area contributed by atoms with E-state index < -0.39 is 0 Å². The first-order valence-electron chi connectivity index (χ1n) is 6.47. The summed E-state index contributed by atoms with van der Waals surface area (Å²) in [5.41, 5.74) is 0. The van der Waals surface area contributed by atoms with Crippen molar-refractivity contribution < 1.29 is 0 Å². The number of hydrogen-bond donors (Lipinski definition) is 1. The molecule has 1 aromatic heterocycles. The minimum absolute atomic E-state index is 0.813. The van der Waals surface area contributed by atoms with E-state index in [-0.39, 0.29) is 0 Å². The molecule has 1 saturated carbocycles. The van der Waals surface area contributed by atoms with E-state index in [1.54, 1.807) is 11.3 Å². The van der Waals surface area contributed by atoms with Crippen LogP contribution in [0.3, 0.4) is 0 Å². The highest BCUT2D eigenvalue weighted by atomic mass is 32.1. The van der Waals surface area contributed by atoms with Crippen molar-refractivity contribution in [3.05, 3.63) is 21.9 Å². The van der Waals surface area contributed by atoms with E-state index in [1.807, 2.05) is 6.07 Å². The highest BCUT2D eigenvalue weighted by molar-refractivity contribution is 7.12. The van der Waals surface area contributed by atoms with Crippen LogP contribution in [0.4, 0.5) is 0 Å². The Morgan fingerprint density at radius 3 is 2.76 bits per heavy atom. The zero-order chi connectivity index (χ0) is 12.1. The Morgan fingerprint density at radius 1 is 1.35 bits per heavy atom. The Bertz CT molecular complexity index is 383. The monoisotopic (exact) mass is 248 g/mol. The highest BCUT2D eigenvalue weighted by Gasteiger charge is 2.17. The van der Waals surface area contributed by atoms with Crippen LogP contribution in [0.15, 0.2) is 12.1 Å². The Kier molecular flexibility index (Phi) is 4.58. The molecule has 0 bridgehead atoms. The van der Waals surface area contributed by atoms with Crippen molar-refractivity contribution in [3.8, 4) is 6.07 Å². The smallest absolute Gasteiger partial charge is 0.110 e. The molecule has 1 aliphatic carbocycles. The first-order chi connectivity index (χ1) is 8.28. The summed E-state index contributed by atoms with van der Waals surface area (Å²) in [4.78, 5) is 2.08. The van der Waals surface area contributed by atoms with Gasteiger partial charge in [-0.3, -0.25) is 0 Å². The summed E-state index contributed by atoms with van der Waals surface area (Å²) < 4.78 is 0. The van der Waals surface area contributed by atoms with Gasteiger partial charge in [-0.05, 0) is 43.4 Å². The zero-order valence-corrected chi connectivity index (χ0v) is 11.2. The molecule has 2 nitrogen and oxygen atoms in total. The standard InChI is InChI=1S/C14H20N2S/c1-11-2-4-12(5-3-11)9-16-10-14-7-6-13(8-15)17-14/h6-7,11-12,16H,2-5,9-10H2,1H3. The second kappa shape index (κ2) is 6.18. The fraction of sp³-hybridized carbons (Fsp3) is 0.643. The van der Waals surface area contributed by atoms with E-state index >= 15 is 0 Å². The van der Waals surface area contributed by atoms with Gasteiger partial charge in [0.1, 0.15) is 10.9 Å². The van der Waals surface area contributed by atoms with Crippen molar-refractivity contribution in [2.24, 2.45) is 11.8 Å². The van der Waals surface area contributed by atoms with Crippen molar-refractivity contribution >= 4 is 11.3 Å². The third kappa shape index (κ3) is 3.83. The van der Waals surface area contributed by atoms with Crippen LogP contribution in [0, 0.1) is 23.2 Å². The van der Waals surface area contributed by atoms with Gasteiger partial charge in [-0.25, -0.2) is 0 Å². The summed E-state index contributed by atoms with van der Waals surface area (Å²) in [6.45, 7) is 4.41. The van der Waals surface area contributed by atoms with Crippen molar-refractivity contribution in [2.75, 3.05) is 6.54 Å². The van der Waals surface area contributed by atoms with Crippen LogP contribution in [0.1, 0.15) is 42.4 Å². The van der Waals surface area contributed by atoms with Gasteiger partial charge in [0.15, 0.2) is 0 Å². The number of thiophene rings is 1. The predicted molar refractivity (Wildman–Crippen MR) is 71.9 cm³/mol. The maximum absolute atomic E-state index is 8.75. The summed E-state index contributed by atoms with van der Waals surface area (Å²) in [5.74, 6) is 1.79. The molecule has 3 heteroatoms. The van der Waals surface area contributed by atoms with Crippen LogP contribution in [0.2, 0.25) is 0 Å². The lowest BCUT2D eigenvalue weighted by molar-refractivity contribution is 0.281. The van der Waals surface area contributed by atoms with Gasteiger partial charge in [0.05, 0.1) is 0 Å². The summed E-state index contributed by atoms with van der Waals surface area (Å²) in [5, 5.41) is 12.3. The molecule has 1 fully saturated rings. The maximum atomic E-state index is 8.75. The molecule has 1 aromatic rings. The maximum Gasteiger partial charge on any atom is 0.110 e. The Balaban J connectivity index is 1.67. The normalized spacial score (nSPS) is 24.5. The van der Waals surface area contributed by atoms with Gasteiger partial charge in [0.25, 0.3) is 0 Å². The van der Waals surface area contributed by atoms with Crippen molar-refractivity contribution in [1.82, 2.24) is 5.32 Å². The van der Waals surface area contributed by atoms with Gasteiger partial charge in [0, 0.05) is 11.4 Å². The zero-order valence-electron chi connectivity index (χ0n) is 10.4. The minimum atomic E-state index is 0.813. The van der Waals surface area contributed by atoms with E-state index in [9.17, 15) is 0 Å². The van der Waals surface area contributed by atoms with E-state index in [1.165, 1.54) is 30.6 Å². The summed E-state index contributed by atoms with van der Waals surface area (Å²) >= 11 is 1.60. The lowest BCUT2D eigenvalue weighted by atomic mass is 9.83. The van der Waals surface area contributed by atoms with Crippen molar-refractivity contribution in [1.29, 1.82) is 5.26 Å². The third-order valence-corrected chi connectivity index (χ3v) is 4.63. The molecule has 0 aromatic carbocycles. The van der Waals surface area contributed by atoms with Gasteiger partial charge in [-0.1, -0.05) is 19.8 Å². The van der Waals surface area contributed by atoms with Gasteiger partial charge < -0.3 is 5.32 Å². The molecular weight excluding hydrogens is 228 g/mol. The summed E-state index contributed by atoms with van der Waals surface area (Å²) in [6.07, 6.45) is 5.54. The number of hydrogen-bond acceptors (Lipinski definition) is 3. The number of nitrogens with zero attached hydrogens (tertiary/aromatic N) is 1. The predicted octanol–water partition coefficient (Wildman–Crippen LogP) is 3.54. The minimum Gasteiger partial charge on any atom is -0.312 e. The first kappa shape index (κ1) is 12.6. The first-order valence-corrected chi connectivity index (χ1v) is 7.29. The molecule has 0 aliphatic heterocycles. The molecule has 1 N–H and O–H groups in total. The fourth-order valence-corrected chi connectivity index (χ4v) is 3.24. The van der Waals surface area contributed by atoms with Crippen LogP contribution in [-0.2, 0) is 6.54 Å². The molecule has 92 valence electrons. The second-order valence-electron chi connectivity index (χ2n) is 5.13. The highest BCUT2D eigenvalue weighted by Crippen LogP contribution is 2.27. The Hall–Kier alpha value is -0.850. The molecule has 0 radical (unpaired) electrons. The summed E-state index contributed by atoms with van der Waals surface area (Å²) in [7, 11) is 0. The molecule has 0 amide bonds. The van der Waals surface area contributed by atoms with Crippen molar-refractivity contribution in [3.63, 3.8) is 0 Å². The fourth-order valence-electron chi connectivity index (χ4n) is 2.47. The SMILES string of the molecule is CC1CCC(CNCc2ccc(C#N)s2)CC1. The topological polar surface area (TPSA) is 35.8 Å². The van der Waals surface area contributed by atoms with Crippen LogP contribution in [0.5, 0.6) is 0 Å². The van der Waals surface area contributed by atoms with E-state index in [2.05, 4.69) is 24.4 Å². The van der Waals surface area contributed by atoms with Gasteiger partial charge >= 0.3 is 0 Å². The average molecular weight is 248 g/mol. The van der Waals surface area contributed by atoms with Crippen LogP contribution >= 0.6 is 11.3 Å². The van der Waals surface area contributed by atoms with Gasteiger partial charge in [-0.15, -0.1) is 11.3 Å². The molecule has 0 unspecified atom stereocenters. The third-order valence-electron chi connectivity index (χ3n) is 3.64. The molecule has 1 heterocycles. The van der Waals surface area contributed by atoms with Gasteiger partial charge in [-0.2, -0.15) is 5.26 Å². The lowest BCUT2D eigenvalue weighted by Gasteiger charge is -2.26. The molecule has 0 spiro atoms. The van der Waals surface area contributed by atoms with E-state index in [0.717, 1.165) is 29.8 Å². The average Bonchev–Trinajstić information content (AvgIpc) is 2.80. The Morgan fingerprint density at radius 2 is 2.12 bits per heavy atom. The van der Waals surface area contributed by atoms with Crippen LogP contribution < -0.4 is 5.32 Å². The number of nitriles is 1.